The van der Waals surface area contributed by atoms with Crippen LogP contribution in [0, 0.1) is 0 Å². The van der Waals surface area contributed by atoms with Gasteiger partial charge in [-0.1, -0.05) is 23.2 Å². The highest BCUT2D eigenvalue weighted by Gasteiger charge is 2.23. The number of rotatable bonds is 2. The number of allylic oxidation sites excluding steroid dienone is 2. The van der Waals surface area contributed by atoms with E-state index in [4.69, 9.17) is 23.2 Å². The molecule has 0 unspecified atom stereocenters. The van der Waals surface area contributed by atoms with Gasteiger partial charge >= 0.3 is 0 Å². The molecule has 26 heavy (non-hydrogen) atoms. The molecule has 0 bridgehead atoms. The van der Waals surface area contributed by atoms with Gasteiger partial charge in [-0.3, -0.25) is 4.79 Å². The summed E-state index contributed by atoms with van der Waals surface area (Å²) in [6, 6.07) is 5.55. The Hall–Kier alpha value is -2.63. The zero-order valence-corrected chi connectivity index (χ0v) is 14.8. The zero-order chi connectivity index (χ0) is 19.0. The Morgan fingerprint density at radius 2 is 1.12 bits per heavy atom. The van der Waals surface area contributed by atoms with Crippen molar-refractivity contribution in [3.05, 3.63) is 56.6 Å². The standard InChI is InChI=1S/C19H14Cl2O5/c20-13-5-9(7-15(22)18(13)25)3-11-1-2-12(17(11)24)4-10-6-14(21)19(26)16(23)8-10/h3-8,22-23,25-26H,1-2H2/b11-3+,12-4+. The van der Waals surface area contributed by atoms with Crippen LogP contribution in [0.25, 0.3) is 12.2 Å². The molecular formula is C19H14Cl2O5. The van der Waals surface area contributed by atoms with E-state index in [2.05, 4.69) is 0 Å². The fourth-order valence-electron chi connectivity index (χ4n) is 2.76. The van der Waals surface area contributed by atoms with Gasteiger partial charge in [-0.2, -0.15) is 0 Å². The predicted octanol–water partition coefficient (Wildman–Crippen LogP) is 4.65. The monoisotopic (exact) mass is 392 g/mol. The molecule has 0 amide bonds. The van der Waals surface area contributed by atoms with Gasteiger partial charge in [-0.15, -0.1) is 0 Å². The van der Waals surface area contributed by atoms with Crippen molar-refractivity contribution in [3.63, 3.8) is 0 Å². The minimum atomic E-state index is -0.406. The topological polar surface area (TPSA) is 98.0 Å². The van der Waals surface area contributed by atoms with Crippen LogP contribution in [0.5, 0.6) is 23.0 Å². The molecule has 2 aromatic rings. The van der Waals surface area contributed by atoms with Crippen LogP contribution in [0.3, 0.4) is 0 Å². The molecule has 1 aliphatic rings. The van der Waals surface area contributed by atoms with Crippen molar-refractivity contribution in [2.75, 3.05) is 0 Å². The molecule has 7 heteroatoms. The summed E-state index contributed by atoms with van der Waals surface area (Å²) >= 11 is 11.7. The number of carbonyl (C=O) groups is 1. The van der Waals surface area contributed by atoms with Crippen molar-refractivity contribution in [2.24, 2.45) is 0 Å². The molecule has 2 aromatic carbocycles. The summed E-state index contributed by atoms with van der Waals surface area (Å²) in [4.78, 5) is 12.6. The van der Waals surface area contributed by atoms with E-state index in [9.17, 15) is 25.2 Å². The summed E-state index contributed by atoms with van der Waals surface area (Å²) in [6.45, 7) is 0. The number of phenolic OH excluding ortho intramolecular Hbond substituents is 4. The van der Waals surface area contributed by atoms with Crippen molar-refractivity contribution < 1.29 is 25.2 Å². The van der Waals surface area contributed by atoms with Gasteiger partial charge in [0.05, 0.1) is 10.0 Å². The lowest BCUT2D eigenvalue weighted by Crippen LogP contribution is -1.95. The first kappa shape index (κ1) is 18.2. The fraction of sp³-hybridized carbons (Fsp3) is 0.105. The molecule has 0 aliphatic heterocycles. The molecule has 0 radical (unpaired) electrons. The van der Waals surface area contributed by atoms with Crippen LogP contribution in [0.2, 0.25) is 10.0 Å². The van der Waals surface area contributed by atoms with Gasteiger partial charge in [0, 0.05) is 11.1 Å². The molecule has 3 rings (SSSR count). The molecule has 0 atom stereocenters. The summed E-state index contributed by atoms with van der Waals surface area (Å²) in [5, 5.41) is 38.2. The van der Waals surface area contributed by atoms with Gasteiger partial charge in [0.25, 0.3) is 0 Å². The molecule has 134 valence electrons. The number of benzene rings is 2. The first-order chi connectivity index (χ1) is 12.3. The van der Waals surface area contributed by atoms with Crippen LogP contribution in [0.1, 0.15) is 24.0 Å². The normalized spacial score (nSPS) is 17.4. The third kappa shape index (κ3) is 3.49. The Morgan fingerprint density at radius 3 is 1.46 bits per heavy atom. The van der Waals surface area contributed by atoms with E-state index in [1.165, 1.54) is 24.3 Å². The maximum atomic E-state index is 12.6. The lowest BCUT2D eigenvalue weighted by Gasteiger charge is -2.04. The van der Waals surface area contributed by atoms with Crippen LogP contribution in [-0.2, 0) is 4.79 Å². The number of Topliss-reactive ketones (excluding diaryl/α,β-unsaturated/α-hetero) is 1. The van der Waals surface area contributed by atoms with Crippen molar-refractivity contribution >= 4 is 41.1 Å². The van der Waals surface area contributed by atoms with Gasteiger partial charge in [-0.05, 0) is 60.4 Å². The van der Waals surface area contributed by atoms with Crippen molar-refractivity contribution in [2.45, 2.75) is 12.8 Å². The minimum absolute atomic E-state index is 0.00716. The predicted molar refractivity (Wildman–Crippen MR) is 99.8 cm³/mol. The molecule has 0 spiro atoms. The molecule has 1 fully saturated rings. The second kappa shape index (κ2) is 6.94. The maximum absolute atomic E-state index is 12.6. The van der Waals surface area contributed by atoms with Gasteiger partial charge < -0.3 is 20.4 Å². The van der Waals surface area contributed by atoms with Crippen molar-refractivity contribution in [3.8, 4) is 23.0 Å². The third-order valence-electron chi connectivity index (χ3n) is 4.06. The highest BCUT2D eigenvalue weighted by Crippen LogP contribution is 2.38. The Balaban J connectivity index is 1.91. The lowest BCUT2D eigenvalue weighted by molar-refractivity contribution is -0.111. The summed E-state index contributed by atoms with van der Waals surface area (Å²) in [5.74, 6) is -1.70. The molecule has 0 saturated heterocycles. The van der Waals surface area contributed by atoms with E-state index in [1.54, 1.807) is 12.2 Å². The van der Waals surface area contributed by atoms with Gasteiger partial charge in [-0.25, -0.2) is 0 Å². The smallest absolute Gasteiger partial charge is 0.185 e. The van der Waals surface area contributed by atoms with Crippen molar-refractivity contribution in [1.82, 2.24) is 0 Å². The van der Waals surface area contributed by atoms with Crippen LogP contribution in [0.4, 0.5) is 0 Å². The first-order valence-corrected chi connectivity index (χ1v) is 8.40. The zero-order valence-electron chi connectivity index (χ0n) is 13.3. The minimum Gasteiger partial charge on any atom is -0.504 e. The number of halogens is 2. The molecular weight excluding hydrogens is 379 g/mol. The van der Waals surface area contributed by atoms with Crippen molar-refractivity contribution in [1.29, 1.82) is 0 Å². The summed E-state index contributed by atoms with van der Waals surface area (Å²) < 4.78 is 0. The molecule has 0 aromatic heterocycles. The number of carbonyl (C=O) groups excluding carboxylic acids is 1. The largest absolute Gasteiger partial charge is 0.504 e. The number of ketones is 1. The average molecular weight is 393 g/mol. The van der Waals surface area contributed by atoms with Crippen LogP contribution in [-0.4, -0.2) is 26.2 Å². The first-order valence-electron chi connectivity index (χ1n) is 7.65. The van der Waals surface area contributed by atoms with Gasteiger partial charge in [0.2, 0.25) is 0 Å². The van der Waals surface area contributed by atoms with Crippen LogP contribution >= 0.6 is 23.2 Å². The van der Waals surface area contributed by atoms with E-state index in [0.717, 1.165) is 0 Å². The lowest BCUT2D eigenvalue weighted by atomic mass is 10.1. The summed E-state index contributed by atoms with van der Waals surface area (Å²) in [6.07, 6.45) is 4.22. The van der Waals surface area contributed by atoms with Crippen LogP contribution < -0.4 is 0 Å². The summed E-state index contributed by atoms with van der Waals surface area (Å²) in [5.41, 5.74) is 2.07. The second-order valence-electron chi connectivity index (χ2n) is 5.91. The van der Waals surface area contributed by atoms with E-state index in [0.29, 0.717) is 35.1 Å². The third-order valence-corrected chi connectivity index (χ3v) is 4.64. The maximum Gasteiger partial charge on any atom is 0.185 e. The Bertz CT molecular complexity index is 852. The van der Waals surface area contributed by atoms with E-state index in [1.807, 2.05) is 0 Å². The Labute approximate surface area is 159 Å². The number of phenols is 4. The van der Waals surface area contributed by atoms with E-state index in [-0.39, 0.29) is 27.3 Å². The average Bonchev–Trinajstić information content (AvgIpc) is 2.90. The highest BCUT2D eigenvalue weighted by atomic mass is 35.5. The Morgan fingerprint density at radius 1 is 0.731 bits per heavy atom. The summed E-state index contributed by atoms with van der Waals surface area (Å²) in [7, 11) is 0. The number of hydrogen-bond acceptors (Lipinski definition) is 5. The number of aromatic hydroxyl groups is 4. The molecule has 1 aliphatic carbocycles. The number of hydrogen-bond donors (Lipinski definition) is 4. The van der Waals surface area contributed by atoms with E-state index >= 15 is 0 Å². The molecule has 1 saturated carbocycles. The second-order valence-corrected chi connectivity index (χ2v) is 6.72. The SMILES string of the molecule is O=C1/C(=C/c2cc(O)c(O)c(Cl)c2)CC/C1=C\c1cc(O)c(O)c(Cl)c1. The molecule has 5 nitrogen and oxygen atoms in total. The fourth-order valence-corrected chi connectivity index (χ4v) is 3.20. The van der Waals surface area contributed by atoms with Crippen LogP contribution in [0.15, 0.2) is 35.4 Å². The Kier molecular flexibility index (Phi) is 4.85. The highest BCUT2D eigenvalue weighted by molar-refractivity contribution is 6.32. The molecule has 4 N–H and O–H groups in total. The quantitative estimate of drug-likeness (QED) is 0.440. The van der Waals surface area contributed by atoms with Gasteiger partial charge in [0.1, 0.15) is 0 Å². The van der Waals surface area contributed by atoms with E-state index < -0.39 is 11.5 Å². The molecule has 0 heterocycles. The van der Waals surface area contributed by atoms with Gasteiger partial charge in [0.15, 0.2) is 28.8 Å².